The molecule has 1 N–H and O–H groups in total. The minimum Gasteiger partial charge on any atom is -0.457 e. The molecule has 0 radical (unpaired) electrons. The van der Waals surface area contributed by atoms with Crippen molar-refractivity contribution in [3.05, 3.63) is 34.1 Å². The Balaban J connectivity index is 2.16. The second kappa shape index (κ2) is 3.24. The Labute approximate surface area is 94.8 Å². The van der Waals surface area contributed by atoms with E-state index in [1.54, 1.807) is 16.8 Å². The number of rotatable bonds is 1. The van der Waals surface area contributed by atoms with E-state index in [9.17, 15) is 4.79 Å². The van der Waals surface area contributed by atoms with E-state index in [2.05, 4.69) is 15.5 Å². The largest absolute Gasteiger partial charge is 0.457 e. The molecule has 0 bridgehead atoms. The molecule has 0 amide bonds. The molecule has 7 heteroatoms. The van der Waals surface area contributed by atoms with Gasteiger partial charge in [-0.1, -0.05) is 10.3 Å². The number of H-pyrrole nitrogens is 1. The lowest BCUT2D eigenvalue weighted by Gasteiger charge is -2.01. The van der Waals surface area contributed by atoms with Gasteiger partial charge in [0, 0.05) is 5.56 Å². The number of tetrazole rings is 1. The zero-order chi connectivity index (χ0) is 11.1. The SMILES string of the molecule is O=C1OCc2cc(-n3[nH]nnc3=S)ccc21. The second-order valence-corrected chi connectivity index (χ2v) is 3.70. The van der Waals surface area contributed by atoms with Gasteiger partial charge in [0.1, 0.15) is 6.61 Å². The molecule has 1 aromatic carbocycles. The number of cyclic esters (lactones) is 1. The zero-order valence-electron chi connectivity index (χ0n) is 8.01. The van der Waals surface area contributed by atoms with Crippen molar-refractivity contribution in [2.24, 2.45) is 0 Å². The lowest BCUT2D eigenvalue weighted by atomic mass is 10.1. The van der Waals surface area contributed by atoms with E-state index in [0.717, 1.165) is 11.3 Å². The summed E-state index contributed by atoms with van der Waals surface area (Å²) in [7, 11) is 0. The van der Waals surface area contributed by atoms with Crippen LogP contribution in [-0.2, 0) is 11.3 Å². The quantitative estimate of drug-likeness (QED) is 0.588. The summed E-state index contributed by atoms with van der Waals surface area (Å²) in [6.07, 6.45) is 0. The highest BCUT2D eigenvalue weighted by atomic mass is 32.1. The minimum atomic E-state index is -0.284. The Morgan fingerprint density at radius 2 is 2.38 bits per heavy atom. The number of nitrogens with one attached hydrogen (secondary N) is 1. The van der Waals surface area contributed by atoms with E-state index in [0.29, 0.717) is 16.9 Å². The number of aromatic amines is 1. The third kappa shape index (κ3) is 1.25. The number of ether oxygens (including phenoxy) is 1. The molecule has 1 aliphatic heterocycles. The molecule has 1 aliphatic rings. The third-order valence-electron chi connectivity index (χ3n) is 2.40. The van der Waals surface area contributed by atoms with E-state index in [-0.39, 0.29) is 5.97 Å². The van der Waals surface area contributed by atoms with Gasteiger partial charge in [-0.25, -0.2) is 9.48 Å². The van der Waals surface area contributed by atoms with Crippen LogP contribution in [-0.4, -0.2) is 26.2 Å². The molecular weight excluding hydrogens is 228 g/mol. The number of nitrogens with zero attached hydrogens (tertiary/aromatic N) is 3. The van der Waals surface area contributed by atoms with Crippen LogP contribution in [0.15, 0.2) is 18.2 Å². The van der Waals surface area contributed by atoms with Crippen molar-refractivity contribution in [2.75, 3.05) is 0 Å². The van der Waals surface area contributed by atoms with Gasteiger partial charge in [-0.3, -0.25) is 0 Å². The van der Waals surface area contributed by atoms with Gasteiger partial charge in [0.25, 0.3) is 0 Å². The van der Waals surface area contributed by atoms with E-state index >= 15 is 0 Å². The van der Waals surface area contributed by atoms with Crippen LogP contribution >= 0.6 is 12.2 Å². The van der Waals surface area contributed by atoms with Gasteiger partial charge in [-0.05, 0) is 30.4 Å². The summed E-state index contributed by atoms with van der Waals surface area (Å²) in [6, 6.07) is 5.31. The topological polar surface area (TPSA) is 72.8 Å². The lowest BCUT2D eigenvalue weighted by Crippen LogP contribution is -1.99. The second-order valence-electron chi connectivity index (χ2n) is 3.34. The Hall–Kier alpha value is -2.02. The summed E-state index contributed by atoms with van der Waals surface area (Å²) in [5.41, 5.74) is 2.23. The maximum Gasteiger partial charge on any atom is 0.338 e. The molecule has 0 unspecified atom stereocenters. The van der Waals surface area contributed by atoms with Crippen molar-refractivity contribution in [2.45, 2.75) is 6.61 Å². The predicted molar refractivity (Wildman–Crippen MR) is 55.7 cm³/mol. The van der Waals surface area contributed by atoms with Gasteiger partial charge in [0.2, 0.25) is 4.77 Å². The van der Waals surface area contributed by atoms with Crippen molar-refractivity contribution in [3.63, 3.8) is 0 Å². The first-order chi connectivity index (χ1) is 7.75. The molecule has 1 aromatic heterocycles. The Morgan fingerprint density at radius 1 is 1.50 bits per heavy atom. The van der Waals surface area contributed by atoms with E-state index in [1.807, 2.05) is 6.07 Å². The monoisotopic (exact) mass is 234 g/mol. The standard InChI is InChI=1S/C9H6N4O2S/c14-8-7-2-1-6(3-5(7)4-15-8)13-9(16)10-11-12-13/h1-3H,4H2,(H,10,12,16). The summed E-state index contributed by atoms with van der Waals surface area (Å²) in [5, 5.41) is 9.92. The van der Waals surface area contributed by atoms with E-state index in [4.69, 9.17) is 17.0 Å². The van der Waals surface area contributed by atoms with Crippen molar-refractivity contribution >= 4 is 18.2 Å². The van der Waals surface area contributed by atoms with Crippen LogP contribution in [0.25, 0.3) is 5.69 Å². The van der Waals surface area contributed by atoms with Crippen LogP contribution in [0.2, 0.25) is 0 Å². The van der Waals surface area contributed by atoms with Gasteiger partial charge in [-0.15, -0.1) is 0 Å². The summed E-state index contributed by atoms with van der Waals surface area (Å²) >= 11 is 4.98. The summed E-state index contributed by atoms with van der Waals surface area (Å²) < 4.78 is 6.80. The maximum absolute atomic E-state index is 11.2. The zero-order valence-corrected chi connectivity index (χ0v) is 8.82. The van der Waals surface area contributed by atoms with Crippen LogP contribution in [0.4, 0.5) is 0 Å². The number of hydrogen-bond donors (Lipinski definition) is 1. The van der Waals surface area contributed by atoms with Crippen molar-refractivity contribution in [1.29, 1.82) is 0 Å². The molecule has 0 atom stereocenters. The van der Waals surface area contributed by atoms with Crippen LogP contribution < -0.4 is 0 Å². The molecule has 16 heavy (non-hydrogen) atoms. The molecule has 2 aromatic rings. The Morgan fingerprint density at radius 3 is 3.12 bits per heavy atom. The number of esters is 1. The molecular formula is C9H6N4O2S. The van der Waals surface area contributed by atoms with Crippen LogP contribution in [0.1, 0.15) is 15.9 Å². The average Bonchev–Trinajstić information content (AvgIpc) is 2.86. The van der Waals surface area contributed by atoms with E-state index < -0.39 is 0 Å². The molecule has 2 heterocycles. The number of fused-ring (bicyclic) bond motifs is 1. The highest BCUT2D eigenvalue weighted by molar-refractivity contribution is 7.71. The van der Waals surface area contributed by atoms with Gasteiger partial charge < -0.3 is 4.74 Å². The first-order valence-electron chi connectivity index (χ1n) is 4.56. The molecule has 3 rings (SSSR count). The van der Waals surface area contributed by atoms with Crippen LogP contribution in [0.3, 0.4) is 0 Å². The van der Waals surface area contributed by atoms with Gasteiger partial charge in [0.05, 0.1) is 11.3 Å². The number of aromatic nitrogens is 4. The number of carbonyl (C=O) groups is 1. The Kier molecular flexibility index (Phi) is 1.87. The summed E-state index contributed by atoms with van der Waals surface area (Å²) in [6.45, 7) is 0.302. The first kappa shape index (κ1) is 9.22. The van der Waals surface area contributed by atoms with Gasteiger partial charge in [-0.2, -0.15) is 5.21 Å². The summed E-state index contributed by atoms with van der Waals surface area (Å²) in [4.78, 5) is 11.2. The molecule has 0 saturated heterocycles. The smallest absolute Gasteiger partial charge is 0.338 e. The molecule has 0 fully saturated rings. The first-order valence-corrected chi connectivity index (χ1v) is 4.97. The van der Waals surface area contributed by atoms with Crippen LogP contribution in [0, 0.1) is 4.77 Å². The fourth-order valence-corrected chi connectivity index (χ4v) is 1.81. The molecule has 0 aliphatic carbocycles. The molecule has 6 nitrogen and oxygen atoms in total. The molecule has 80 valence electrons. The van der Waals surface area contributed by atoms with Crippen LogP contribution in [0.5, 0.6) is 0 Å². The van der Waals surface area contributed by atoms with Gasteiger partial charge >= 0.3 is 5.97 Å². The summed E-state index contributed by atoms with van der Waals surface area (Å²) in [5.74, 6) is -0.284. The minimum absolute atomic E-state index is 0.284. The normalized spacial score (nSPS) is 13.6. The van der Waals surface area contributed by atoms with E-state index in [1.165, 1.54) is 0 Å². The van der Waals surface area contributed by atoms with Crippen molar-refractivity contribution in [3.8, 4) is 5.69 Å². The van der Waals surface area contributed by atoms with Crippen molar-refractivity contribution in [1.82, 2.24) is 20.2 Å². The fourth-order valence-electron chi connectivity index (χ4n) is 1.62. The highest BCUT2D eigenvalue weighted by Crippen LogP contribution is 2.22. The van der Waals surface area contributed by atoms with Gasteiger partial charge in [0.15, 0.2) is 0 Å². The number of benzene rings is 1. The fraction of sp³-hybridized carbons (Fsp3) is 0.111. The Bertz CT molecular complexity index is 630. The van der Waals surface area contributed by atoms with Crippen molar-refractivity contribution < 1.29 is 9.53 Å². The highest BCUT2D eigenvalue weighted by Gasteiger charge is 2.21. The molecule has 0 saturated carbocycles. The lowest BCUT2D eigenvalue weighted by molar-refractivity contribution is 0.0535. The average molecular weight is 234 g/mol. The molecule has 0 spiro atoms. The number of carbonyl (C=O) groups excluding carboxylic acids is 1. The maximum atomic E-state index is 11.2. The number of hydrogen-bond acceptors (Lipinski definition) is 5. The predicted octanol–water partition coefficient (Wildman–Crippen LogP) is 0.995. The third-order valence-corrected chi connectivity index (χ3v) is 2.66.